The molecule has 8 heteroatoms. The minimum atomic E-state index is -4.73. The minimum Gasteiger partial charge on any atom is -0.406 e. The number of hydrogen-bond donors (Lipinski definition) is 2. The van der Waals surface area contributed by atoms with Gasteiger partial charge >= 0.3 is 6.36 Å². The van der Waals surface area contributed by atoms with Gasteiger partial charge in [-0.1, -0.05) is 18.3 Å². The maximum Gasteiger partial charge on any atom is 0.573 e. The summed E-state index contributed by atoms with van der Waals surface area (Å²) < 4.78 is 40.3. The molecule has 2 aromatic rings. The number of nitrogens with one attached hydrogen (secondary N) is 1. The van der Waals surface area contributed by atoms with Gasteiger partial charge < -0.3 is 15.8 Å². The number of pyridine rings is 1. The van der Waals surface area contributed by atoms with E-state index in [4.69, 9.17) is 18.0 Å². The monoisotopic (exact) mass is 313 g/mol. The Labute approximate surface area is 123 Å². The molecule has 1 heterocycles. The molecular weight excluding hydrogens is 303 g/mol. The first-order valence-electron chi connectivity index (χ1n) is 5.72. The fraction of sp³-hybridized carbons (Fsp3) is 0.0769. The summed E-state index contributed by atoms with van der Waals surface area (Å²) in [5.41, 5.74) is 6.90. The molecule has 110 valence electrons. The van der Waals surface area contributed by atoms with Crippen molar-refractivity contribution in [2.24, 2.45) is 5.73 Å². The van der Waals surface area contributed by atoms with Crippen molar-refractivity contribution in [3.05, 3.63) is 48.3 Å². The van der Waals surface area contributed by atoms with Crippen molar-refractivity contribution in [3.8, 4) is 5.75 Å². The molecule has 1 aromatic heterocycles. The van der Waals surface area contributed by atoms with Gasteiger partial charge in [0.05, 0.1) is 5.69 Å². The maximum atomic E-state index is 12.2. The normalized spacial score (nSPS) is 11.0. The number of aromatic nitrogens is 1. The van der Waals surface area contributed by atoms with Crippen LogP contribution in [0.4, 0.5) is 24.5 Å². The Balaban J connectivity index is 2.18. The second-order valence-corrected chi connectivity index (χ2v) is 4.43. The number of nitrogens with two attached hydrogens (primary N) is 1. The average Bonchev–Trinajstić information content (AvgIpc) is 2.37. The van der Waals surface area contributed by atoms with E-state index in [1.807, 2.05) is 0 Å². The molecule has 0 spiro atoms. The number of anilines is 2. The largest absolute Gasteiger partial charge is 0.573 e. The summed E-state index contributed by atoms with van der Waals surface area (Å²) >= 11 is 4.81. The SMILES string of the molecule is NC(=S)c1cc(Nc2cccc(OC(F)(F)F)c2)ccn1. The van der Waals surface area contributed by atoms with E-state index in [0.29, 0.717) is 17.1 Å². The Kier molecular flexibility index (Phi) is 4.27. The van der Waals surface area contributed by atoms with Crippen LogP contribution in [0.1, 0.15) is 5.69 Å². The molecule has 21 heavy (non-hydrogen) atoms. The molecule has 3 N–H and O–H groups in total. The highest BCUT2D eigenvalue weighted by atomic mass is 32.1. The van der Waals surface area contributed by atoms with Gasteiger partial charge in [0.1, 0.15) is 10.7 Å². The molecule has 0 fully saturated rings. The van der Waals surface area contributed by atoms with Crippen molar-refractivity contribution >= 4 is 28.6 Å². The molecule has 0 saturated heterocycles. The zero-order chi connectivity index (χ0) is 15.5. The van der Waals surface area contributed by atoms with E-state index < -0.39 is 6.36 Å². The number of hydrogen-bond acceptors (Lipinski definition) is 4. The Morgan fingerprint density at radius 3 is 2.57 bits per heavy atom. The third-order valence-corrected chi connectivity index (χ3v) is 2.58. The van der Waals surface area contributed by atoms with Crippen LogP contribution >= 0.6 is 12.2 Å². The van der Waals surface area contributed by atoms with Crippen molar-refractivity contribution in [2.75, 3.05) is 5.32 Å². The number of alkyl halides is 3. The van der Waals surface area contributed by atoms with Crippen molar-refractivity contribution in [1.82, 2.24) is 4.98 Å². The summed E-state index contributed by atoms with van der Waals surface area (Å²) in [6, 6.07) is 8.72. The van der Waals surface area contributed by atoms with Crippen LogP contribution in [-0.2, 0) is 0 Å². The van der Waals surface area contributed by atoms with E-state index in [2.05, 4.69) is 15.0 Å². The van der Waals surface area contributed by atoms with Crippen LogP contribution in [0.2, 0.25) is 0 Å². The van der Waals surface area contributed by atoms with Gasteiger partial charge in [0.2, 0.25) is 0 Å². The molecule has 0 aliphatic heterocycles. The minimum absolute atomic E-state index is 0.132. The lowest BCUT2D eigenvalue weighted by Crippen LogP contribution is -2.17. The van der Waals surface area contributed by atoms with Gasteiger partial charge in [0, 0.05) is 23.6 Å². The Bertz CT molecular complexity index is 661. The van der Waals surface area contributed by atoms with Crippen LogP contribution in [0.3, 0.4) is 0 Å². The van der Waals surface area contributed by atoms with Crippen molar-refractivity contribution in [2.45, 2.75) is 6.36 Å². The molecule has 1 aromatic carbocycles. The highest BCUT2D eigenvalue weighted by molar-refractivity contribution is 7.80. The predicted molar refractivity (Wildman–Crippen MR) is 76.5 cm³/mol. The quantitative estimate of drug-likeness (QED) is 0.848. The van der Waals surface area contributed by atoms with Crippen molar-refractivity contribution < 1.29 is 17.9 Å². The number of nitrogens with zero attached hydrogens (tertiary/aromatic N) is 1. The van der Waals surface area contributed by atoms with E-state index in [-0.39, 0.29) is 10.7 Å². The molecule has 0 radical (unpaired) electrons. The summed E-state index contributed by atoms with van der Waals surface area (Å²) in [5, 5.41) is 2.92. The fourth-order valence-electron chi connectivity index (χ4n) is 1.58. The van der Waals surface area contributed by atoms with Gasteiger partial charge in [-0.25, -0.2) is 0 Å². The molecule has 0 atom stereocenters. The molecule has 0 aliphatic carbocycles. The number of thiocarbonyl (C=S) groups is 1. The number of rotatable bonds is 4. The number of halogens is 3. The fourth-order valence-corrected chi connectivity index (χ4v) is 1.69. The highest BCUT2D eigenvalue weighted by Crippen LogP contribution is 2.26. The van der Waals surface area contributed by atoms with Crippen molar-refractivity contribution in [3.63, 3.8) is 0 Å². The van der Waals surface area contributed by atoms with Crippen LogP contribution in [0, 0.1) is 0 Å². The maximum absolute atomic E-state index is 12.2. The molecule has 0 aliphatic rings. The topological polar surface area (TPSA) is 60.2 Å². The zero-order valence-corrected chi connectivity index (χ0v) is 11.3. The second kappa shape index (κ2) is 5.96. The average molecular weight is 313 g/mol. The Morgan fingerprint density at radius 2 is 1.90 bits per heavy atom. The lowest BCUT2D eigenvalue weighted by atomic mass is 10.2. The molecule has 0 unspecified atom stereocenters. The Hall–Kier alpha value is -2.35. The molecule has 0 bridgehead atoms. The van der Waals surface area contributed by atoms with E-state index in [9.17, 15) is 13.2 Å². The van der Waals surface area contributed by atoms with E-state index >= 15 is 0 Å². The van der Waals surface area contributed by atoms with E-state index in [1.54, 1.807) is 18.2 Å². The first kappa shape index (κ1) is 15.0. The standard InChI is InChI=1S/C13H10F3N3OS/c14-13(15,16)20-10-3-1-2-8(6-10)19-9-4-5-18-11(7-9)12(17)21/h1-7H,(H2,17,21)(H,18,19). The van der Waals surface area contributed by atoms with Crippen molar-refractivity contribution in [1.29, 1.82) is 0 Å². The van der Waals surface area contributed by atoms with E-state index in [0.717, 1.165) is 0 Å². The summed E-state index contributed by atoms with van der Waals surface area (Å²) in [5.74, 6) is -0.309. The lowest BCUT2D eigenvalue weighted by molar-refractivity contribution is -0.274. The second-order valence-electron chi connectivity index (χ2n) is 3.99. The van der Waals surface area contributed by atoms with Crippen LogP contribution < -0.4 is 15.8 Å². The smallest absolute Gasteiger partial charge is 0.406 e. The number of benzene rings is 1. The van der Waals surface area contributed by atoms with Gasteiger partial charge in [-0.05, 0) is 24.3 Å². The predicted octanol–water partition coefficient (Wildman–Crippen LogP) is 3.36. The summed E-state index contributed by atoms with van der Waals surface area (Å²) in [7, 11) is 0. The number of ether oxygens (including phenoxy) is 1. The first-order valence-corrected chi connectivity index (χ1v) is 6.13. The Morgan fingerprint density at radius 1 is 1.19 bits per heavy atom. The van der Waals surface area contributed by atoms with Crippen LogP contribution in [0.5, 0.6) is 5.75 Å². The van der Waals surface area contributed by atoms with Gasteiger partial charge in [-0.15, -0.1) is 13.2 Å². The van der Waals surface area contributed by atoms with Gasteiger partial charge in [0.25, 0.3) is 0 Å². The van der Waals surface area contributed by atoms with Gasteiger partial charge in [-0.2, -0.15) is 0 Å². The van der Waals surface area contributed by atoms with Gasteiger partial charge in [-0.3, -0.25) is 4.98 Å². The molecule has 0 amide bonds. The summed E-state index contributed by atoms with van der Waals surface area (Å²) in [6.07, 6.45) is -3.24. The van der Waals surface area contributed by atoms with Crippen LogP contribution in [-0.4, -0.2) is 16.3 Å². The zero-order valence-electron chi connectivity index (χ0n) is 10.5. The molecular formula is C13H10F3N3OS. The van der Waals surface area contributed by atoms with Crippen LogP contribution in [0.15, 0.2) is 42.6 Å². The van der Waals surface area contributed by atoms with E-state index in [1.165, 1.54) is 24.4 Å². The third kappa shape index (κ3) is 4.60. The summed E-state index contributed by atoms with van der Waals surface area (Å²) in [6.45, 7) is 0. The van der Waals surface area contributed by atoms with Crippen LogP contribution in [0.25, 0.3) is 0 Å². The highest BCUT2D eigenvalue weighted by Gasteiger charge is 2.31. The lowest BCUT2D eigenvalue weighted by Gasteiger charge is -2.11. The molecule has 4 nitrogen and oxygen atoms in total. The van der Waals surface area contributed by atoms with Gasteiger partial charge in [0.15, 0.2) is 0 Å². The summed E-state index contributed by atoms with van der Waals surface area (Å²) in [4.78, 5) is 4.10. The molecule has 2 rings (SSSR count). The molecule has 0 saturated carbocycles. The first-order chi connectivity index (χ1) is 9.83. The third-order valence-electron chi connectivity index (χ3n) is 2.37.